The zero-order valence-electron chi connectivity index (χ0n) is 16.5. The predicted molar refractivity (Wildman–Crippen MR) is 114 cm³/mol. The van der Waals surface area contributed by atoms with E-state index in [2.05, 4.69) is 9.44 Å². The van der Waals surface area contributed by atoms with E-state index < -0.39 is 25.9 Å². The molecule has 0 amide bonds. The molecule has 0 saturated carbocycles. The van der Waals surface area contributed by atoms with Crippen molar-refractivity contribution in [3.8, 4) is 11.5 Å². The summed E-state index contributed by atoms with van der Waals surface area (Å²) in [7, 11) is -5.42. The smallest absolute Gasteiger partial charge is 0.265 e. The highest BCUT2D eigenvalue weighted by molar-refractivity contribution is 7.93. The first-order valence-corrected chi connectivity index (χ1v) is 11.7. The van der Waals surface area contributed by atoms with Gasteiger partial charge in [-0.25, -0.2) is 21.2 Å². The van der Waals surface area contributed by atoms with E-state index in [0.29, 0.717) is 0 Å². The van der Waals surface area contributed by atoms with Crippen LogP contribution < -0.4 is 18.9 Å². The van der Waals surface area contributed by atoms with Gasteiger partial charge in [0.2, 0.25) is 0 Å². The van der Waals surface area contributed by atoms with Crippen molar-refractivity contribution in [1.29, 1.82) is 0 Å². The minimum Gasteiger partial charge on any atom is -0.495 e. The Hall–Kier alpha value is -3.31. The number of benzene rings is 3. The van der Waals surface area contributed by atoms with E-state index in [1.54, 1.807) is 12.1 Å². The summed E-state index contributed by atoms with van der Waals surface area (Å²) in [4.78, 5) is -0.252. The van der Waals surface area contributed by atoms with Crippen LogP contribution >= 0.6 is 0 Å². The molecule has 0 heterocycles. The lowest BCUT2D eigenvalue weighted by Crippen LogP contribution is -2.16. The summed E-state index contributed by atoms with van der Waals surface area (Å²) >= 11 is 0. The van der Waals surface area contributed by atoms with Gasteiger partial charge in [0.05, 0.1) is 30.5 Å². The Morgan fingerprint density at radius 1 is 0.742 bits per heavy atom. The van der Waals surface area contributed by atoms with Crippen LogP contribution in [0.1, 0.15) is 0 Å². The first-order valence-electron chi connectivity index (χ1n) is 8.78. The van der Waals surface area contributed by atoms with Gasteiger partial charge in [-0.1, -0.05) is 12.1 Å². The van der Waals surface area contributed by atoms with Crippen LogP contribution in [0.2, 0.25) is 0 Å². The van der Waals surface area contributed by atoms with Gasteiger partial charge < -0.3 is 9.47 Å². The minimum atomic E-state index is -4.08. The molecular formula is C20H19FN2O6S2. The van der Waals surface area contributed by atoms with Crippen molar-refractivity contribution >= 4 is 31.4 Å². The van der Waals surface area contributed by atoms with E-state index in [4.69, 9.17) is 9.47 Å². The van der Waals surface area contributed by atoms with Crippen molar-refractivity contribution in [1.82, 2.24) is 0 Å². The molecule has 0 aromatic heterocycles. The van der Waals surface area contributed by atoms with E-state index in [1.807, 2.05) is 0 Å². The Morgan fingerprint density at radius 3 is 2.03 bits per heavy atom. The predicted octanol–water partition coefficient (Wildman–Crippen LogP) is 3.44. The quantitative estimate of drug-likeness (QED) is 0.526. The van der Waals surface area contributed by atoms with Crippen molar-refractivity contribution in [3.05, 3.63) is 72.5 Å². The van der Waals surface area contributed by atoms with Gasteiger partial charge in [0, 0.05) is 0 Å². The Labute approximate surface area is 179 Å². The molecule has 2 N–H and O–H groups in total. The van der Waals surface area contributed by atoms with Crippen molar-refractivity contribution in [2.24, 2.45) is 0 Å². The van der Waals surface area contributed by atoms with Crippen LogP contribution in [-0.4, -0.2) is 31.1 Å². The Balaban J connectivity index is 1.94. The van der Waals surface area contributed by atoms with Crippen LogP contribution in [0.3, 0.4) is 0 Å². The first kappa shape index (κ1) is 22.4. The molecule has 3 aromatic rings. The summed E-state index contributed by atoms with van der Waals surface area (Å²) < 4.78 is 78.9. The maximum Gasteiger partial charge on any atom is 0.265 e. The van der Waals surface area contributed by atoms with Gasteiger partial charge in [-0.3, -0.25) is 9.44 Å². The molecule has 0 spiro atoms. The second-order valence-corrected chi connectivity index (χ2v) is 9.56. The molecule has 164 valence electrons. The molecule has 11 heteroatoms. The van der Waals surface area contributed by atoms with Crippen LogP contribution in [0.25, 0.3) is 0 Å². The van der Waals surface area contributed by atoms with Gasteiger partial charge in [0.15, 0.2) is 0 Å². The summed E-state index contributed by atoms with van der Waals surface area (Å²) in [6.45, 7) is 0. The number of hydrogen-bond donors (Lipinski definition) is 2. The first-order chi connectivity index (χ1) is 14.7. The highest BCUT2D eigenvalue weighted by Gasteiger charge is 2.21. The third kappa shape index (κ3) is 5.06. The topological polar surface area (TPSA) is 111 Å². The number of sulfonamides is 2. The fourth-order valence-electron chi connectivity index (χ4n) is 2.72. The van der Waals surface area contributed by atoms with E-state index in [-0.39, 0.29) is 32.7 Å². The minimum absolute atomic E-state index is 0.00736. The summed E-state index contributed by atoms with van der Waals surface area (Å²) in [5.74, 6) is -0.268. The molecule has 0 saturated heterocycles. The molecular weight excluding hydrogens is 447 g/mol. The van der Waals surface area contributed by atoms with E-state index in [0.717, 1.165) is 24.3 Å². The van der Waals surface area contributed by atoms with Crippen molar-refractivity contribution in [3.63, 3.8) is 0 Å². The normalized spacial score (nSPS) is 11.6. The third-order valence-electron chi connectivity index (χ3n) is 4.18. The number of halogens is 1. The molecule has 3 rings (SSSR count). The maximum absolute atomic E-state index is 13.1. The number of ether oxygens (including phenoxy) is 2. The Morgan fingerprint density at radius 2 is 1.39 bits per heavy atom. The average molecular weight is 467 g/mol. The number of anilines is 2. The third-order valence-corrected chi connectivity index (χ3v) is 6.98. The molecule has 3 aromatic carbocycles. The van der Waals surface area contributed by atoms with Crippen LogP contribution in [0, 0.1) is 5.82 Å². The SMILES string of the molecule is COc1ccc(NS(=O)(=O)c2ccccc2OC)cc1NS(=O)(=O)c1ccc(F)cc1. The highest BCUT2D eigenvalue weighted by atomic mass is 32.2. The number of methoxy groups -OCH3 is 2. The monoisotopic (exact) mass is 466 g/mol. The van der Waals surface area contributed by atoms with Crippen LogP contribution in [0.4, 0.5) is 15.8 Å². The standard InChI is InChI=1S/C20H19FN2O6S2/c1-28-18-12-9-15(22-31(26,27)20-6-4-3-5-19(20)29-2)13-17(18)23-30(24,25)16-10-7-14(21)8-11-16/h3-13,22-23H,1-2H3. The summed E-state index contributed by atoms with van der Waals surface area (Å²) in [5, 5.41) is 0. The summed E-state index contributed by atoms with van der Waals surface area (Å²) in [6, 6.07) is 14.4. The number of rotatable bonds is 8. The van der Waals surface area contributed by atoms with Gasteiger partial charge in [-0.15, -0.1) is 0 Å². The summed E-state index contributed by atoms with van der Waals surface area (Å²) in [6.07, 6.45) is 0. The van der Waals surface area contributed by atoms with Gasteiger partial charge >= 0.3 is 0 Å². The van der Waals surface area contributed by atoms with Gasteiger partial charge in [0.1, 0.15) is 22.2 Å². The molecule has 0 unspecified atom stereocenters. The Bertz CT molecular complexity index is 1290. The summed E-state index contributed by atoms with van der Waals surface area (Å²) in [5.41, 5.74) is 0.0792. The van der Waals surface area contributed by atoms with Gasteiger partial charge in [0.25, 0.3) is 20.0 Å². The average Bonchev–Trinajstić information content (AvgIpc) is 2.73. The van der Waals surface area contributed by atoms with Crippen LogP contribution in [0.15, 0.2) is 76.5 Å². The molecule has 0 fully saturated rings. The number of hydrogen-bond acceptors (Lipinski definition) is 6. The van der Waals surface area contributed by atoms with E-state index in [9.17, 15) is 21.2 Å². The molecule has 31 heavy (non-hydrogen) atoms. The molecule has 0 aliphatic heterocycles. The van der Waals surface area contributed by atoms with Crippen molar-refractivity contribution in [2.75, 3.05) is 23.7 Å². The Kier molecular flexibility index (Phi) is 6.37. The molecule has 8 nitrogen and oxygen atoms in total. The zero-order chi connectivity index (χ0) is 22.6. The van der Waals surface area contributed by atoms with Crippen LogP contribution in [0.5, 0.6) is 11.5 Å². The second kappa shape index (κ2) is 8.82. The fraction of sp³-hybridized carbons (Fsp3) is 0.100. The molecule has 0 atom stereocenters. The lowest BCUT2D eigenvalue weighted by Gasteiger charge is -2.15. The van der Waals surface area contributed by atoms with Gasteiger partial charge in [-0.05, 0) is 54.6 Å². The molecule has 0 aliphatic rings. The van der Waals surface area contributed by atoms with Crippen LogP contribution in [-0.2, 0) is 20.0 Å². The largest absolute Gasteiger partial charge is 0.495 e. The van der Waals surface area contributed by atoms with Crippen molar-refractivity contribution < 1.29 is 30.7 Å². The highest BCUT2D eigenvalue weighted by Crippen LogP contribution is 2.32. The molecule has 0 aliphatic carbocycles. The van der Waals surface area contributed by atoms with Gasteiger partial charge in [-0.2, -0.15) is 0 Å². The second-order valence-electron chi connectivity index (χ2n) is 6.23. The van der Waals surface area contributed by atoms with Crippen molar-refractivity contribution in [2.45, 2.75) is 9.79 Å². The fourth-order valence-corrected chi connectivity index (χ4v) is 5.00. The maximum atomic E-state index is 13.1. The lowest BCUT2D eigenvalue weighted by atomic mass is 10.2. The number of nitrogens with one attached hydrogen (secondary N) is 2. The van der Waals surface area contributed by atoms with E-state index in [1.165, 1.54) is 44.6 Å². The zero-order valence-corrected chi connectivity index (χ0v) is 18.1. The molecule has 0 bridgehead atoms. The number of para-hydroxylation sites is 1. The molecule has 0 radical (unpaired) electrons. The lowest BCUT2D eigenvalue weighted by molar-refractivity contribution is 0.403. The van der Waals surface area contributed by atoms with E-state index >= 15 is 0 Å².